The smallest absolute Gasteiger partial charge is 0.251 e. The summed E-state index contributed by atoms with van der Waals surface area (Å²) in [4.78, 5) is 33.0. The second-order valence-electron chi connectivity index (χ2n) is 10.1. The summed E-state index contributed by atoms with van der Waals surface area (Å²) in [7, 11) is 0. The van der Waals surface area contributed by atoms with Gasteiger partial charge in [0.05, 0.1) is 30.7 Å². The molecule has 5 rings (SSSR count). The molecule has 2 amide bonds. The van der Waals surface area contributed by atoms with Crippen LogP contribution in [0.5, 0.6) is 11.5 Å². The van der Waals surface area contributed by atoms with Crippen LogP contribution in [0.1, 0.15) is 80.0 Å². The van der Waals surface area contributed by atoms with Crippen molar-refractivity contribution < 1.29 is 24.2 Å². The summed E-state index contributed by atoms with van der Waals surface area (Å²) in [6.45, 7) is 6.24. The van der Waals surface area contributed by atoms with Crippen LogP contribution in [-0.4, -0.2) is 52.1 Å². The van der Waals surface area contributed by atoms with Gasteiger partial charge in [-0.25, -0.2) is 4.99 Å². The number of carbonyl (C=O) groups is 2. The molecule has 4 N–H and O–H groups in total. The summed E-state index contributed by atoms with van der Waals surface area (Å²) in [6.07, 6.45) is 0.914. The minimum absolute atomic E-state index is 0.0696. The molecule has 9 heteroatoms. The Labute approximate surface area is 216 Å². The van der Waals surface area contributed by atoms with Crippen molar-refractivity contribution in [1.82, 2.24) is 10.2 Å². The minimum Gasteiger partial charge on any atom is -0.493 e. The standard InChI is InChI=1S/C28H34N4O5/c1-4-28(5-2)15-23(33)32(27(29)31-28)20-12-13-36-21-11-10-17(14-19(20)21)26(35)30-24-18-8-6-7-9-22(18)37-16(3)25(24)34/h6-11,14,16,20,24-25,34H,4-5,12-13,15H2,1-3H3,(H2,29,31)(H,30,35)/t16?,20-,24-,25?/m1/s1. The van der Waals surface area contributed by atoms with E-state index in [4.69, 9.17) is 20.2 Å². The van der Waals surface area contributed by atoms with Gasteiger partial charge in [-0.2, -0.15) is 0 Å². The Hall–Kier alpha value is -3.59. The van der Waals surface area contributed by atoms with Gasteiger partial charge in [0.15, 0.2) is 5.96 Å². The number of amides is 2. The van der Waals surface area contributed by atoms with Gasteiger partial charge in [-0.15, -0.1) is 0 Å². The van der Waals surface area contributed by atoms with E-state index in [1.807, 2.05) is 38.1 Å². The lowest BCUT2D eigenvalue weighted by atomic mass is 9.87. The highest BCUT2D eigenvalue weighted by atomic mass is 16.5. The van der Waals surface area contributed by atoms with E-state index in [0.29, 0.717) is 42.1 Å². The number of hydrogen-bond donors (Lipinski definition) is 3. The number of aliphatic imine (C=N–C) groups is 1. The van der Waals surface area contributed by atoms with Crippen LogP contribution in [0.2, 0.25) is 0 Å². The Bertz CT molecular complexity index is 1240. The number of aliphatic hydroxyl groups is 1. The molecule has 0 saturated heterocycles. The predicted molar refractivity (Wildman–Crippen MR) is 138 cm³/mol. The number of guanidine groups is 1. The molecule has 2 unspecified atom stereocenters. The second-order valence-corrected chi connectivity index (χ2v) is 10.1. The normalized spacial score (nSPS) is 26.2. The first-order valence-electron chi connectivity index (χ1n) is 13.0. The fourth-order valence-electron chi connectivity index (χ4n) is 5.57. The van der Waals surface area contributed by atoms with Crippen molar-refractivity contribution in [2.45, 2.75) is 76.3 Å². The maximum Gasteiger partial charge on any atom is 0.251 e. The number of para-hydroxylation sites is 1. The van der Waals surface area contributed by atoms with E-state index < -0.39 is 23.8 Å². The highest BCUT2D eigenvalue weighted by Gasteiger charge is 2.42. The fraction of sp³-hybridized carbons (Fsp3) is 0.464. The SMILES string of the molecule is CCC1(CC)CC(=O)N([C@@H]2CCOc3ccc(C(=O)N[C@@H]4c5ccccc5OC(C)C4O)cc32)C(N)=N1. The zero-order valence-corrected chi connectivity index (χ0v) is 21.4. The molecule has 196 valence electrons. The third-order valence-corrected chi connectivity index (χ3v) is 7.93. The van der Waals surface area contributed by atoms with Crippen molar-refractivity contribution in [3.63, 3.8) is 0 Å². The zero-order chi connectivity index (χ0) is 26.3. The molecule has 2 aromatic carbocycles. The quantitative estimate of drug-likeness (QED) is 0.572. The average Bonchev–Trinajstić information content (AvgIpc) is 2.90. The summed E-state index contributed by atoms with van der Waals surface area (Å²) >= 11 is 0. The number of hydrogen-bond acceptors (Lipinski definition) is 7. The van der Waals surface area contributed by atoms with E-state index in [1.165, 1.54) is 0 Å². The van der Waals surface area contributed by atoms with Gasteiger partial charge in [0.2, 0.25) is 5.91 Å². The average molecular weight is 507 g/mol. The van der Waals surface area contributed by atoms with E-state index in [1.54, 1.807) is 30.0 Å². The van der Waals surface area contributed by atoms with Gasteiger partial charge in [-0.3, -0.25) is 14.5 Å². The van der Waals surface area contributed by atoms with Crippen molar-refractivity contribution in [2.24, 2.45) is 10.7 Å². The van der Waals surface area contributed by atoms with Gasteiger partial charge in [-0.1, -0.05) is 32.0 Å². The molecular formula is C28H34N4O5. The van der Waals surface area contributed by atoms with Gasteiger partial charge in [-0.05, 0) is 44.0 Å². The largest absolute Gasteiger partial charge is 0.493 e. The molecule has 0 spiro atoms. The van der Waals surface area contributed by atoms with Crippen molar-refractivity contribution in [2.75, 3.05) is 6.61 Å². The van der Waals surface area contributed by atoms with E-state index in [9.17, 15) is 14.7 Å². The van der Waals surface area contributed by atoms with Gasteiger partial charge in [0.25, 0.3) is 5.91 Å². The summed E-state index contributed by atoms with van der Waals surface area (Å²) in [5, 5.41) is 13.8. The summed E-state index contributed by atoms with van der Waals surface area (Å²) in [6, 6.07) is 11.5. The first-order valence-corrected chi connectivity index (χ1v) is 13.0. The number of benzene rings is 2. The first-order chi connectivity index (χ1) is 17.8. The number of nitrogens with zero attached hydrogens (tertiary/aromatic N) is 2. The topological polar surface area (TPSA) is 126 Å². The number of rotatable bonds is 5. The van der Waals surface area contributed by atoms with Crippen LogP contribution in [0.15, 0.2) is 47.5 Å². The third-order valence-electron chi connectivity index (χ3n) is 7.93. The van der Waals surface area contributed by atoms with Gasteiger partial charge >= 0.3 is 0 Å². The molecule has 3 aliphatic rings. The van der Waals surface area contributed by atoms with Crippen LogP contribution >= 0.6 is 0 Å². The van der Waals surface area contributed by atoms with E-state index >= 15 is 0 Å². The molecule has 0 saturated carbocycles. The lowest BCUT2D eigenvalue weighted by molar-refractivity contribution is -0.132. The number of carbonyl (C=O) groups excluding carboxylic acids is 2. The van der Waals surface area contributed by atoms with Crippen molar-refractivity contribution >= 4 is 17.8 Å². The fourth-order valence-corrected chi connectivity index (χ4v) is 5.57. The minimum atomic E-state index is -0.910. The van der Waals surface area contributed by atoms with Gasteiger partial charge in [0.1, 0.15) is 23.7 Å². The second kappa shape index (κ2) is 9.70. The number of aliphatic hydroxyl groups excluding tert-OH is 1. The van der Waals surface area contributed by atoms with Crippen LogP contribution in [0.25, 0.3) is 0 Å². The van der Waals surface area contributed by atoms with Crippen molar-refractivity contribution in [1.29, 1.82) is 0 Å². The van der Waals surface area contributed by atoms with E-state index in [0.717, 1.165) is 18.4 Å². The zero-order valence-electron chi connectivity index (χ0n) is 21.4. The lowest BCUT2D eigenvalue weighted by Crippen LogP contribution is -2.53. The number of nitrogens with one attached hydrogen (secondary N) is 1. The molecular weight excluding hydrogens is 472 g/mol. The summed E-state index contributed by atoms with van der Waals surface area (Å²) in [5.74, 6) is 1.05. The molecule has 9 nitrogen and oxygen atoms in total. The number of fused-ring (bicyclic) bond motifs is 2. The first kappa shape index (κ1) is 25.1. The van der Waals surface area contributed by atoms with Crippen LogP contribution in [-0.2, 0) is 4.79 Å². The molecule has 0 bridgehead atoms. The Morgan fingerprint density at radius 3 is 2.68 bits per heavy atom. The molecule has 2 aromatic rings. The molecule has 3 heterocycles. The molecule has 37 heavy (non-hydrogen) atoms. The Kier molecular flexibility index (Phi) is 6.58. The molecule has 4 atom stereocenters. The monoisotopic (exact) mass is 506 g/mol. The van der Waals surface area contributed by atoms with Crippen LogP contribution < -0.4 is 20.5 Å². The summed E-state index contributed by atoms with van der Waals surface area (Å²) in [5.41, 5.74) is 7.74. The van der Waals surface area contributed by atoms with Crippen LogP contribution in [0, 0.1) is 0 Å². The molecule has 0 aliphatic carbocycles. The van der Waals surface area contributed by atoms with Crippen molar-refractivity contribution in [3.05, 3.63) is 59.2 Å². The van der Waals surface area contributed by atoms with Gasteiger partial charge < -0.3 is 25.6 Å². The number of nitrogens with two attached hydrogens (primary N) is 1. The van der Waals surface area contributed by atoms with Crippen LogP contribution in [0.3, 0.4) is 0 Å². The lowest BCUT2D eigenvalue weighted by Gasteiger charge is -2.41. The highest BCUT2D eigenvalue weighted by Crippen LogP contribution is 2.40. The van der Waals surface area contributed by atoms with Crippen LogP contribution in [0.4, 0.5) is 0 Å². The maximum atomic E-state index is 13.4. The maximum absolute atomic E-state index is 13.4. The Morgan fingerprint density at radius 2 is 1.95 bits per heavy atom. The molecule has 0 fully saturated rings. The summed E-state index contributed by atoms with van der Waals surface area (Å²) < 4.78 is 11.6. The Balaban J connectivity index is 1.44. The molecule has 3 aliphatic heterocycles. The molecule has 0 aromatic heterocycles. The predicted octanol–water partition coefficient (Wildman–Crippen LogP) is 3.23. The van der Waals surface area contributed by atoms with Crippen molar-refractivity contribution in [3.8, 4) is 11.5 Å². The van der Waals surface area contributed by atoms with E-state index in [-0.39, 0.29) is 23.8 Å². The molecule has 0 radical (unpaired) electrons. The number of ether oxygens (including phenoxy) is 2. The third kappa shape index (κ3) is 4.41. The Morgan fingerprint density at radius 1 is 1.19 bits per heavy atom. The van der Waals surface area contributed by atoms with E-state index in [2.05, 4.69) is 5.32 Å². The highest BCUT2D eigenvalue weighted by molar-refractivity contribution is 6.00. The van der Waals surface area contributed by atoms with Gasteiger partial charge in [0, 0.05) is 23.1 Å².